The molecule has 0 saturated carbocycles. The summed E-state index contributed by atoms with van der Waals surface area (Å²) in [5.41, 5.74) is 2.47. The number of hydrogen-bond acceptors (Lipinski definition) is 3. The van der Waals surface area contributed by atoms with Crippen molar-refractivity contribution in [2.45, 2.75) is 52.2 Å². The first-order chi connectivity index (χ1) is 8.13. The van der Waals surface area contributed by atoms with Crippen molar-refractivity contribution >= 4 is 0 Å². The molecule has 1 aliphatic heterocycles. The van der Waals surface area contributed by atoms with Gasteiger partial charge in [0.1, 0.15) is 0 Å². The summed E-state index contributed by atoms with van der Waals surface area (Å²) in [6.45, 7) is 9.93. The summed E-state index contributed by atoms with van der Waals surface area (Å²) in [5.74, 6) is 0. The number of nitrogens with one attached hydrogen (secondary N) is 1. The third-order valence-electron chi connectivity index (χ3n) is 3.42. The first kappa shape index (κ1) is 12.6. The molecule has 1 aromatic rings. The molecular formula is C13H23N3O. The lowest BCUT2D eigenvalue weighted by molar-refractivity contribution is 0.0275. The lowest BCUT2D eigenvalue weighted by Gasteiger charge is -2.34. The Morgan fingerprint density at radius 2 is 2.41 bits per heavy atom. The minimum Gasteiger partial charge on any atom is -0.380 e. The van der Waals surface area contributed by atoms with Crippen molar-refractivity contribution in [2.75, 3.05) is 13.2 Å². The fraction of sp³-hybridized carbons (Fsp3) is 0.769. The first-order valence-electron chi connectivity index (χ1n) is 6.49. The Morgan fingerprint density at radius 1 is 1.59 bits per heavy atom. The zero-order valence-electron chi connectivity index (χ0n) is 11.1. The predicted molar refractivity (Wildman–Crippen MR) is 67.9 cm³/mol. The van der Waals surface area contributed by atoms with Gasteiger partial charge in [-0.3, -0.25) is 4.68 Å². The molecule has 1 atom stereocenters. The Morgan fingerprint density at radius 3 is 3.06 bits per heavy atom. The van der Waals surface area contributed by atoms with Crippen LogP contribution >= 0.6 is 0 Å². The van der Waals surface area contributed by atoms with E-state index in [1.165, 1.54) is 12.1 Å². The second-order valence-electron chi connectivity index (χ2n) is 5.16. The van der Waals surface area contributed by atoms with E-state index in [9.17, 15) is 0 Å². The SMILES string of the molecule is CCn1nc(C)cc1CNC1(C)CCCOC1. The molecule has 0 radical (unpaired) electrons. The topological polar surface area (TPSA) is 39.1 Å². The highest BCUT2D eigenvalue weighted by Crippen LogP contribution is 2.19. The van der Waals surface area contributed by atoms with Crippen molar-refractivity contribution in [2.24, 2.45) is 0 Å². The Hall–Kier alpha value is -0.870. The summed E-state index contributed by atoms with van der Waals surface area (Å²) < 4.78 is 7.62. The first-order valence-corrected chi connectivity index (χ1v) is 6.49. The number of rotatable bonds is 4. The van der Waals surface area contributed by atoms with Crippen LogP contribution in [0.2, 0.25) is 0 Å². The van der Waals surface area contributed by atoms with Gasteiger partial charge in [-0.1, -0.05) is 0 Å². The molecular weight excluding hydrogens is 214 g/mol. The third-order valence-corrected chi connectivity index (χ3v) is 3.42. The van der Waals surface area contributed by atoms with Crippen molar-refractivity contribution in [1.82, 2.24) is 15.1 Å². The number of ether oxygens (including phenoxy) is 1. The van der Waals surface area contributed by atoms with E-state index in [-0.39, 0.29) is 5.54 Å². The van der Waals surface area contributed by atoms with Gasteiger partial charge < -0.3 is 10.1 Å². The van der Waals surface area contributed by atoms with Crippen LogP contribution in [-0.2, 0) is 17.8 Å². The fourth-order valence-corrected chi connectivity index (χ4v) is 2.39. The van der Waals surface area contributed by atoms with Crippen molar-refractivity contribution in [3.63, 3.8) is 0 Å². The average Bonchev–Trinajstić information content (AvgIpc) is 2.68. The summed E-state index contributed by atoms with van der Waals surface area (Å²) in [6, 6.07) is 2.16. The van der Waals surface area contributed by atoms with Crippen LogP contribution in [0, 0.1) is 6.92 Å². The van der Waals surface area contributed by atoms with Gasteiger partial charge in [-0.15, -0.1) is 0 Å². The van der Waals surface area contributed by atoms with Gasteiger partial charge in [0.05, 0.1) is 18.0 Å². The molecule has 96 valence electrons. The minimum absolute atomic E-state index is 0.120. The van der Waals surface area contributed by atoms with E-state index in [0.717, 1.165) is 38.4 Å². The lowest BCUT2D eigenvalue weighted by atomic mass is 9.95. The van der Waals surface area contributed by atoms with Gasteiger partial charge >= 0.3 is 0 Å². The standard InChI is InChI=1S/C13H23N3O/c1-4-16-12(8-11(2)15-16)9-14-13(3)6-5-7-17-10-13/h8,14H,4-7,9-10H2,1-3H3. The maximum absolute atomic E-state index is 5.55. The highest BCUT2D eigenvalue weighted by molar-refractivity contribution is 5.09. The summed E-state index contributed by atoms with van der Waals surface area (Å²) >= 11 is 0. The molecule has 0 aliphatic carbocycles. The van der Waals surface area contributed by atoms with Crippen LogP contribution < -0.4 is 5.32 Å². The van der Waals surface area contributed by atoms with Gasteiger partial charge in [0.25, 0.3) is 0 Å². The summed E-state index contributed by atoms with van der Waals surface area (Å²) in [4.78, 5) is 0. The van der Waals surface area contributed by atoms with E-state index in [2.05, 4.69) is 35.0 Å². The summed E-state index contributed by atoms with van der Waals surface area (Å²) in [7, 11) is 0. The number of aryl methyl sites for hydroxylation is 2. The van der Waals surface area contributed by atoms with Gasteiger partial charge in [-0.05, 0) is 39.7 Å². The maximum Gasteiger partial charge on any atom is 0.0645 e. The van der Waals surface area contributed by atoms with Crippen LogP contribution in [0.3, 0.4) is 0 Å². The molecule has 2 rings (SSSR count). The second-order valence-corrected chi connectivity index (χ2v) is 5.16. The van der Waals surface area contributed by atoms with Crippen LogP contribution in [0.4, 0.5) is 0 Å². The normalized spacial score (nSPS) is 25.1. The van der Waals surface area contributed by atoms with Crippen molar-refractivity contribution in [3.8, 4) is 0 Å². The molecule has 1 aromatic heterocycles. The number of aromatic nitrogens is 2. The largest absolute Gasteiger partial charge is 0.380 e. The minimum atomic E-state index is 0.120. The molecule has 4 nitrogen and oxygen atoms in total. The van der Waals surface area contributed by atoms with E-state index in [1.54, 1.807) is 0 Å². The van der Waals surface area contributed by atoms with Crippen LogP contribution in [-0.4, -0.2) is 28.5 Å². The van der Waals surface area contributed by atoms with Gasteiger partial charge in [0.15, 0.2) is 0 Å². The van der Waals surface area contributed by atoms with Gasteiger partial charge in [0.2, 0.25) is 0 Å². The summed E-state index contributed by atoms with van der Waals surface area (Å²) in [6.07, 6.45) is 2.34. The molecule has 1 saturated heterocycles. The molecule has 0 amide bonds. The molecule has 1 fully saturated rings. The van der Waals surface area contributed by atoms with E-state index < -0.39 is 0 Å². The van der Waals surface area contributed by atoms with Gasteiger partial charge in [-0.2, -0.15) is 5.10 Å². The van der Waals surface area contributed by atoms with E-state index >= 15 is 0 Å². The molecule has 1 aliphatic rings. The zero-order chi connectivity index (χ0) is 12.3. The number of nitrogens with zero attached hydrogens (tertiary/aromatic N) is 2. The number of hydrogen-bond donors (Lipinski definition) is 1. The molecule has 0 aromatic carbocycles. The molecule has 1 N–H and O–H groups in total. The smallest absolute Gasteiger partial charge is 0.0645 e. The van der Waals surface area contributed by atoms with E-state index in [1.807, 2.05) is 6.92 Å². The van der Waals surface area contributed by atoms with Crippen molar-refractivity contribution in [1.29, 1.82) is 0 Å². The van der Waals surface area contributed by atoms with Crippen molar-refractivity contribution < 1.29 is 4.74 Å². The molecule has 4 heteroatoms. The fourth-order valence-electron chi connectivity index (χ4n) is 2.39. The van der Waals surface area contributed by atoms with Gasteiger partial charge in [-0.25, -0.2) is 0 Å². The molecule has 2 heterocycles. The lowest BCUT2D eigenvalue weighted by Crippen LogP contribution is -2.48. The Labute approximate surface area is 103 Å². The van der Waals surface area contributed by atoms with Crippen LogP contribution in [0.5, 0.6) is 0 Å². The van der Waals surface area contributed by atoms with Crippen LogP contribution in [0.1, 0.15) is 38.1 Å². The van der Waals surface area contributed by atoms with Gasteiger partial charge in [0, 0.05) is 25.2 Å². The predicted octanol–water partition coefficient (Wildman–Crippen LogP) is 1.87. The monoisotopic (exact) mass is 237 g/mol. The zero-order valence-corrected chi connectivity index (χ0v) is 11.1. The van der Waals surface area contributed by atoms with Crippen molar-refractivity contribution in [3.05, 3.63) is 17.5 Å². The molecule has 17 heavy (non-hydrogen) atoms. The third kappa shape index (κ3) is 3.07. The average molecular weight is 237 g/mol. The Bertz CT molecular complexity index is 367. The highest BCUT2D eigenvalue weighted by atomic mass is 16.5. The van der Waals surface area contributed by atoms with E-state index in [0.29, 0.717) is 0 Å². The molecule has 0 bridgehead atoms. The molecule has 1 unspecified atom stereocenters. The van der Waals surface area contributed by atoms with E-state index in [4.69, 9.17) is 4.74 Å². The molecule has 0 spiro atoms. The second kappa shape index (κ2) is 5.19. The quantitative estimate of drug-likeness (QED) is 0.869. The van der Waals surface area contributed by atoms with Crippen LogP contribution in [0.15, 0.2) is 6.07 Å². The Balaban J connectivity index is 1.96. The summed E-state index contributed by atoms with van der Waals surface area (Å²) in [5, 5.41) is 8.08. The highest BCUT2D eigenvalue weighted by Gasteiger charge is 2.27. The Kier molecular flexibility index (Phi) is 3.84. The van der Waals surface area contributed by atoms with Crippen LogP contribution in [0.25, 0.3) is 0 Å². The maximum atomic E-state index is 5.55.